The summed E-state index contributed by atoms with van der Waals surface area (Å²) in [6, 6.07) is 0. The van der Waals surface area contributed by atoms with Gasteiger partial charge in [0.25, 0.3) is 0 Å². The Morgan fingerprint density at radius 1 is 0.792 bits per heavy atom. The zero-order valence-electron chi connectivity index (χ0n) is 15.0. The van der Waals surface area contributed by atoms with Crippen LogP contribution < -0.4 is 0 Å². The van der Waals surface area contributed by atoms with Crippen LogP contribution in [0.15, 0.2) is 0 Å². The van der Waals surface area contributed by atoms with Gasteiger partial charge in [-0.15, -0.1) is 0 Å². The molecule has 24 heavy (non-hydrogen) atoms. The van der Waals surface area contributed by atoms with Gasteiger partial charge in [0.05, 0.1) is 5.92 Å². The van der Waals surface area contributed by atoms with E-state index in [-0.39, 0.29) is 32.7 Å². The van der Waals surface area contributed by atoms with Crippen molar-refractivity contribution < 1.29 is 41.5 Å². The maximum absolute atomic E-state index is 13.8. The Morgan fingerprint density at radius 2 is 1.38 bits per heavy atom. The van der Waals surface area contributed by atoms with Crippen LogP contribution >= 0.6 is 0 Å². The van der Waals surface area contributed by atoms with Gasteiger partial charge < -0.3 is 0 Å². The van der Waals surface area contributed by atoms with Gasteiger partial charge in [0.2, 0.25) is 0 Å². The maximum atomic E-state index is 13.8. The molecule has 3 aliphatic rings. The number of hydrogen-bond donors (Lipinski definition) is 0. The molecule has 0 aromatic carbocycles. The van der Waals surface area contributed by atoms with E-state index < -0.39 is 18.3 Å². The van der Waals surface area contributed by atoms with E-state index in [2.05, 4.69) is 18.8 Å². The van der Waals surface area contributed by atoms with Gasteiger partial charge in [0.1, 0.15) is 6.17 Å². The van der Waals surface area contributed by atoms with E-state index in [1.165, 1.54) is 38.5 Å². The van der Waals surface area contributed by atoms with Gasteiger partial charge in [-0.25, -0.2) is 4.39 Å². The van der Waals surface area contributed by atoms with Gasteiger partial charge >= 0.3 is 0 Å². The minimum Gasteiger partial charge on any atom is -0.293 e. The molecular formula is C21H31F2Y-. The van der Waals surface area contributed by atoms with Crippen molar-refractivity contribution >= 4 is 0 Å². The molecule has 3 unspecified atom stereocenters. The van der Waals surface area contributed by atoms with Crippen LogP contribution in [0.1, 0.15) is 71.1 Å². The topological polar surface area (TPSA) is 0 Å². The fourth-order valence-electron chi connectivity index (χ4n) is 4.82. The first kappa shape index (κ1) is 20.8. The van der Waals surface area contributed by atoms with E-state index >= 15 is 0 Å². The van der Waals surface area contributed by atoms with Crippen LogP contribution in [0, 0.1) is 47.9 Å². The van der Waals surface area contributed by atoms with Gasteiger partial charge in [0.15, 0.2) is 0 Å². The molecule has 0 N–H and O–H groups in total. The van der Waals surface area contributed by atoms with Gasteiger partial charge in [-0.3, -0.25) is 10.8 Å². The van der Waals surface area contributed by atoms with Gasteiger partial charge in [-0.1, -0.05) is 31.6 Å². The third-order valence-corrected chi connectivity index (χ3v) is 6.52. The molecule has 0 bridgehead atoms. The smallest absolute Gasteiger partial charge is 0.112 e. The summed E-state index contributed by atoms with van der Waals surface area (Å²) in [6.45, 7) is 2.38. The molecule has 3 saturated carbocycles. The minimum absolute atomic E-state index is 0. The zero-order valence-corrected chi connectivity index (χ0v) is 17.9. The molecule has 3 atom stereocenters. The van der Waals surface area contributed by atoms with Crippen molar-refractivity contribution in [2.75, 3.05) is 0 Å². The van der Waals surface area contributed by atoms with Crippen molar-refractivity contribution in [3.05, 3.63) is 6.42 Å². The third-order valence-electron chi connectivity index (χ3n) is 6.52. The molecule has 0 amide bonds. The SMILES string of the molecule is CC1CCC(C2CCC(C#CC3C(F)[CH-]CCC3F)CC2)CC1.[Y]. The molecule has 0 aromatic heterocycles. The van der Waals surface area contributed by atoms with Crippen LogP contribution in [-0.4, -0.2) is 12.3 Å². The summed E-state index contributed by atoms with van der Waals surface area (Å²) in [4.78, 5) is 0. The summed E-state index contributed by atoms with van der Waals surface area (Å²) in [5.41, 5.74) is 0. The number of halogens is 2. The molecule has 0 aromatic rings. The van der Waals surface area contributed by atoms with Crippen molar-refractivity contribution in [3.8, 4) is 11.8 Å². The summed E-state index contributed by atoms with van der Waals surface area (Å²) < 4.78 is 27.6. The average Bonchev–Trinajstić information content (AvgIpc) is 2.56. The second kappa shape index (κ2) is 10.0. The first-order valence-corrected chi connectivity index (χ1v) is 9.76. The largest absolute Gasteiger partial charge is 0.293 e. The van der Waals surface area contributed by atoms with E-state index in [4.69, 9.17) is 0 Å². The van der Waals surface area contributed by atoms with E-state index in [0.717, 1.165) is 30.6 Å². The Labute approximate surface area is 172 Å². The molecule has 0 saturated heterocycles. The van der Waals surface area contributed by atoms with Crippen molar-refractivity contribution in [2.24, 2.45) is 29.6 Å². The second-order valence-corrected chi connectivity index (χ2v) is 8.22. The second-order valence-electron chi connectivity index (χ2n) is 8.22. The third kappa shape index (κ3) is 5.51. The predicted octanol–water partition coefficient (Wildman–Crippen LogP) is 5.91. The Kier molecular flexibility index (Phi) is 8.69. The summed E-state index contributed by atoms with van der Waals surface area (Å²) in [5, 5.41) is 0. The Morgan fingerprint density at radius 3 is 1.96 bits per heavy atom. The van der Waals surface area contributed by atoms with Crippen molar-refractivity contribution in [1.29, 1.82) is 0 Å². The maximum Gasteiger partial charge on any atom is 0.112 e. The van der Waals surface area contributed by atoms with E-state index in [1.54, 1.807) is 6.42 Å². The molecule has 0 spiro atoms. The standard InChI is InChI=1S/C21H31F2.Y/c1-15-5-10-17(11-6-15)18-12-7-16(8-13-18)9-14-19-20(22)3-2-4-21(19)23;/h3,15-21H,2,4-8,10-13H2,1H3;/q-1;. The number of hydrogen-bond acceptors (Lipinski definition) is 0. The first-order chi connectivity index (χ1) is 11.1. The fraction of sp³-hybridized carbons (Fsp3) is 0.857. The molecule has 0 nitrogen and oxygen atoms in total. The van der Waals surface area contributed by atoms with Crippen LogP contribution in [0.2, 0.25) is 0 Å². The van der Waals surface area contributed by atoms with E-state index in [1.807, 2.05) is 0 Å². The van der Waals surface area contributed by atoms with Crippen molar-refractivity contribution in [3.63, 3.8) is 0 Å². The zero-order chi connectivity index (χ0) is 16.2. The summed E-state index contributed by atoms with van der Waals surface area (Å²) >= 11 is 0. The molecular weight excluding hydrogens is 379 g/mol. The van der Waals surface area contributed by atoms with E-state index in [0.29, 0.717) is 18.8 Å². The predicted molar refractivity (Wildman–Crippen MR) is 91.2 cm³/mol. The van der Waals surface area contributed by atoms with Gasteiger partial charge in [0, 0.05) is 38.6 Å². The Bertz CT molecular complexity index is 415. The van der Waals surface area contributed by atoms with Gasteiger partial charge in [-0.05, 0) is 68.9 Å². The van der Waals surface area contributed by atoms with Crippen LogP contribution in [0.25, 0.3) is 0 Å². The summed E-state index contributed by atoms with van der Waals surface area (Å²) in [5.74, 6) is 8.59. The summed E-state index contributed by atoms with van der Waals surface area (Å²) in [6.07, 6.45) is 10.8. The van der Waals surface area contributed by atoms with Crippen LogP contribution in [-0.2, 0) is 32.7 Å². The van der Waals surface area contributed by atoms with Crippen LogP contribution in [0.5, 0.6) is 0 Å². The molecule has 0 aliphatic heterocycles. The Balaban J connectivity index is 0.00000208. The normalized spacial score (nSPS) is 43.2. The molecule has 133 valence electrons. The van der Waals surface area contributed by atoms with Crippen molar-refractivity contribution in [2.45, 2.75) is 83.5 Å². The molecule has 3 heteroatoms. The number of rotatable bonds is 1. The molecule has 3 fully saturated rings. The molecule has 1 radical (unpaired) electrons. The quantitative estimate of drug-likeness (QED) is 0.372. The Hall–Kier alpha value is 0.524. The van der Waals surface area contributed by atoms with Crippen LogP contribution in [0.4, 0.5) is 8.78 Å². The van der Waals surface area contributed by atoms with E-state index in [9.17, 15) is 8.78 Å². The molecule has 3 aliphatic carbocycles. The van der Waals surface area contributed by atoms with Gasteiger partial charge in [-0.2, -0.15) is 6.42 Å². The molecule has 3 rings (SSSR count). The fourth-order valence-corrected chi connectivity index (χ4v) is 4.82. The molecule has 0 heterocycles. The minimum atomic E-state index is -1.17. The first-order valence-electron chi connectivity index (χ1n) is 9.76. The number of alkyl halides is 2. The van der Waals surface area contributed by atoms with Crippen molar-refractivity contribution in [1.82, 2.24) is 0 Å². The summed E-state index contributed by atoms with van der Waals surface area (Å²) in [7, 11) is 0. The monoisotopic (exact) mass is 410 g/mol. The van der Waals surface area contributed by atoms with Crippen LogP contribution in [0.3, 0.4) is 0 Å². The average molecular weight is 410 g/mol.